The number of amidine groups is 1. The van der Waals surface area contributed by atoms with E-state index in [1.807, 2.05) is 13.8 Å². The summed E-state index contributed by atoms with van der Waals surface area (Å²) in [5.41, 5.74) is 5.43. The molecule has 0 bridgehead atoms. The Morgan fingerprint density at radius 1 is 1.37 bits per heavy atom. The Hall–Kier alpha value is -0.810. The molecule has 0 aromatic rings. The highest BCUT2D eigenvalue weighted by Crippen LogP contribution is 2.24. The highest BCUT2D eigenvalue weighted by atomic mass is 16.4. The fourth-order valence-corrected chi connectivity index (χ4v) is 2.71. The molecule has 1 saturated heterocycles. The van der Waals surface area contributed by atoms with Crippen LogP contribution in [0, 0.1) is 5.41 Å². The maximum absolute atomic E-state index is 9.35. The minimum absolute atomic E-state index is 0.243. The molecule has 0 aromatic carbocycles. The molecule has 0 aliphatic carbocycles. The maximum Gasteiger partial charge on any atom is 0.144 e. The summed E-state index contributed by atoms with van der Waals surface area (Å²) in [7, 11) is 0. The number of likely N-dealkylation sites (tertiary alicyclic amines) is 1. The summed E-state index contributed by atoms with van der Waals surface area (Å²) in [6.45, 7) is 6.42. The van der Waals surface area contributed by atoms with Gasteiger partial charge in [0.2, 0.25) is 0 Å². The molecule has 1 heterocycles. The van der Waals surface area contributed by atoms with Crippen molar-refractivity contribution in [3.63, 3.8) is 0 Å². The topological polar surface area (TPSA) is 82.1 Å². The van der Waals surface area contributed by atoms with Gasteiger partial charge in [-0.2, -0.15) is 0 Å². The number of oxime groups is 1. The third-order valence-corrected chi connectivity index (χ3v) is 4.26. The number of hydrogen-bond donors (Lipinski definition) is 3. The Kier molecular flexibility index (Phi) is 6.58. The Morgan fingerprint density at radius 2 is 2.11 bits per heavy atom. The van der Waals surface area contributed by atoms with Gasteiger partial charge >= 0.3 is 0 Å². The van der Waals surface area contributed by atoms with Gasteiger partial charge < -0.3 is 16.0 Å². The van der Waals surface area contributed by atoms with Crippen LogP contribution in [0.5, 0.6) is 0 Å². The van der Waals surface area contributed by atoms with Gasteiger partial charge in [0.15, 0.2) is 0 Å². The fraction of sp³-hybridized carbons (Fsp3) is 0.929. The fourth-order valence-electron chi connectivity index (χ4n) is 2.71. The van der Waals surface area contributed by atoms with E-state index in [0.717, 1.165) is 38.8 Å². The maximum atomic E-state index is 9.35. The zero-order valence-corrected chi connectivity index (χ0v) is 12.3. The molecule has 1 unspecified atom stereocenters. The van der Waals surface area contributed by atoms with Gasteiger partial charge in [-0.05, 0) is 38.8 Å². The van der Waals surface area contributed by atoms with Crippen molar-refractivity contribution in [1.29, 1.82) is 0 Å². The molecule has 1 rings (SSSR count). The molecule has 1 aliphatic heterocycles. The van der Waals surface area contributed by atoms with Crippen molar-refractivity contribution in [2.75, 3.05) is 19.7 Å². The summed E-state index contributed by atoms with van der Waals surface area (Å²) in [6.07, 6.45) is 6.66. The normalized spacial score (nSPS) is 22.7. The summed E-state index contributed by atoms with van der Waals surface area (Å²) in [6, 6.07) is 0.353. The number of aliphatic hydroxyl groups excluding tert-OH is 1. The van der Waals surface area contributed by atoms with E-state index in [9.17, 15) is 5.11 Å². The highest BCUT2D eigenvalue weighted by molar-refractivity contribution is 5.85. The number of aliphatic hydroxyl groups is 1. The van der Waals surface area contributed by atoms with Crippen LogP contribution in [0.15, 0.2) is 5.16 Å². The number of nitrogens with two attached hydrogens (primary N) is 1. The molecule has 0 spiro atoms. The smallest absolute Gasteiger partial charge is 0.144 e. The Balaban J connectivity index is 2.26. The SMILES string of the molecule is CC(C)(CCCCN1CCCCC1CO)C(N)=NO. The van der Waals surface area contributed by atoms with E-state index in [2.05, 4.69) is 10.1 Å². The molecule has 0 radical (unpaired) electrons. The minimum atomic E-state index is -0.243. The summed E-state index contributed by atoms with van der Waals surface area (Å²) in [5, 5.41) is 21.2. The number of unbranched alkanes of at least 4 members (excludes halogenated alkanes) is 1. The first-order valence-electron chi connectivity index (χ1n) is 7.34. The number of rotatable bonds is 7. The van der Waals surface area contributed by atoms with Crippen LogP contribution in [0.3, 0.4) is 0 Å². The molecular formula is C14H29N3O2. The Bertz CT molecular complexity index is 292. The van der Waals surface area contributed by atoms with E-state index in [4.69, 9.17) is 10.9 Å². The summed E-state index contributed by atoms with van der Waals surface area (Å²) in [4.78, 5) is 2.40. The van der Waals surface area contributed by atoms with Crippen LogP contribution >= 0.6 is 0 Å². The third-order valence-electron chi connectivity index (χ3n) is 4.26. The number of nitrogens with zero attached hydrogens (tertiary/aromatic N) is 2. The van der Waals surface area contributed by atoms with Gasteiger partial charge in [-0.3, -0.25) is 4.90 Å². The summed E-state index contributed by atoms with van der Waals surface area (Å²) >= 11 is 0. The average Bonchev–Trinajstić information content (AvgIpc) is 2.43. The lowest BCUT2D eigenvalue weighted by Crippen LogP contribution is -2.42. The zero-order chi connectivity index (χ0) is 14.3. The standard InChI is InChI=1S/C14H29N3O2/c1-14(2,13(15)16-19)8-4-6-10-17-9-5-3-7-12(17)11-18/h12,18-19H,3-11H2,1-2H3,(H2,15,16). The van der Waals surface area contributed by atoms with Crippen molar-refractivity contribution in [2.24, 2.45) is 16.3 Å². The highest BCUT2D eigenvalue weighted by Gasteiger charge is 2.24. The second-order valence-electron chi connectivity index (χ2n) is 6.19. The summed E-state index contributed by atoms with van der Waals surface area (Å²) in [5.74, 6) is 0.304. The van der Waals surface area contributed by atoms with E-state index in [1.54, 1.807) is 0 Å². The first kappa shape index (κ1) is 16.2. The molecule has 1 atom stereocenters. The number of hydrogen-bond acceptors (Lipinski definition) is 4. The van der Waals surface area contributed by atoms with Crippen molar-refractivity contribution in [1.82, 2.24) is 4.90 Å². The van der Waals surface area contributed by atoms with Crippen molar-refractivity contribution >= 4 is 5.84 Å². The lowest BCUT2D eigenvalue weighted by atomic mass is 9.86. The van der Waals surface area contributed by atoms with E-state index in [-0.39, 0.29) is 12.0 Å². The Labute approximate surface area is 116 Å². The molecule has 0 saturated carbocycles. The van der Waals surface area contributed by atoms with Gasteiger partial charge in [0.05, 0.1) is 6.61 Å². The van der Waals surface area contributed by atoms with Crippen LogP contribution in [0.1, 0.15) is 52.4 Å². The second kappa shape index (κ2) is 7.70. The molecule has 0 aromatic heterocycles. The second-order valence-corrected chi connectivity index (χ2v) is 6.19. The zero-order valence-electron chi connectivity index (χ0n) is 12.3. The van der Waals surface area contributed by atoms with Crippen LogP contribution in [-0.2, 0) is 0 Å². The van der Waals surface area contributed by atoms with E-state index in [1.165, 1.54) is 12.8 Å². The van der Waals surface area contributed by atoms with Crippen molar-refractivity contribution in [2.45, 2.75) is 58.4 Å². The van der Waals surface area contributed by atoms with E-state index in [0.29, 0.717) is 11.9 Å². The van der Waals surface area contributed by atoms with Crippen LogP contribution in [0.4, 0.5) is 0 Å². The van der Waals surface area contributed by atoms with Crippen molar-refractivity contribution in [3.8, 4) is 0 Å². The van der Waals surface area contributed by atoms with Crippen molar-refractivity contribution < 1.29 is 10.3 Å². The Morgan fingerprint density at radius 3 is 2.74 bits per heavy atom. The van der Waals surface area contributed by atoms with Gasteiger partial charge in [0, 0.05) is 11.5 Å². The molecule has 1 aliphatic rings. The van der Waals surface area contributed by atoms with Crippen LogP contribution in [0.2, 0.25) is 0 Å². The molecule has 5 nitrogen and oxygen atoms in total. The predicted molar refractivity (Wildman–Crippen MR) is 77.3 cm³/mol. The van der Waals surface area contributed by atoms with Gasteiger partial charge in [0.25, 0.3) is 0 Å². The van der Waals surface area contributed by atoms with Crippen LogP contribution in [-0.4, -0.2) is 46.8 Å². The molecule has 4 N–H and O–H groups in total. The van der Waals surface area contributed by atoms with Gasteiger partial charge in [-0.1, -0.05) is 31.8 Å². The minimum Gasteiger partial charge on any atom is -0.409 e. The number of piperidine rings is 1. The first-order valence-corrected chi connectivity index (χ1v) is 7.34. The molecule has 5 heteroatoms. The summed E-state index contributed by atoms with van der Waals surface area (Å²) < 4.78 is 0. The van der Waals surface area contributed by atoms with E-state index >= 15 is 0 Å². The van der Waals surface area contributed by atoms with E-state index < -0.39 is 0 Å². The third kappa shape index (κ3) is 4.99. The van der Waals surface area contributed by atoms with Crippen LogP contribution < -0.4 is 5.73 Å². The van der Waals surface area contributed by atoms with Gasteiger partial charge in [-0.15, -0.1) is 0 Å². The molecular weight excluding hydrogens is 242 g/mol. The van der Waals surface area contributed by atoms with Crippen LogP contribution in [0.25, 0.3) is 0 Å². The van der Waals surface area contributed by atoms with Gasteiger partial charge in [-0.25, -0.2) is 0 Å². The monoisotopic (exact) mass is 271 g/mol. The lowest BCUT2D eigenvalue weighted by molar-refractivity contribution is 0.0881. The molecule has 0 amide bonds. The first-order chi connectivity index (χ1) is 9.01. The van der Waals surface area contributed by atoms with Crippen molar-refractivity contribution in [3.05, 3.63) is 0 Å². The van der Waals surface area contributed by atoms with Gasteiger partial charge in [0.1, 0.15) is 5.84 Å². The lowest BCUT2D eigenvalue weighted by Gasteiger charge is -2.34. The predicted octanol–water partition coefficient (Wildman–Crippen LogP) is 1.78. The average molecular weight is 271 g/mol. The molecule has 1 fully saturated rings. The molecule has 19 heavy (non-hydrogen) atoms. The molecule has 112 valence electrons. The largest absolute Gasteiger partial charge is 0.409 e. The quantitative estimate of drug-likeness (QED) is 0.217.